The molecule has 2 N–H and O–H groups in total. The second-order valence-corrected chi connectivity index (χ2v) is 3.09. The first-order valence-electron chi connectivity index (χ1n) is 4.70. The summed E-state index contributed by atoms with van der Waals surface area (Å²) in [5.74, 6) is -0.0151. The van der Waals surface area contributed by atoms with Crippen molar-refractivity contribution in [3.8, 4) is 5.75 Å². The molecular formula is C11H15NO3. The van der Waals surface area contributed by atoms with Gasteiger partial charge in [0, 0.05) is 5.56 Å². The second-order valence-electron chi connectivity index (χ2n) is 3.09. The standard InChI is InChI=1S/C11H15NO3/c1-8(11(13)14-2)9-5-3-4-6-10(9)15-7-12/h3-6,8H,7,12H2,1-2H3. The minimum atomic E-state index is -0.349. The summed E-state index contributed by atoms with van der Waals surface area (Å²) in [6.45, 7) is 1.86. The molecule has 0 bridgehead atoms. The van der Waals surface area contributed by atoms with Crippen LogP contribution in [0.4, 0.5) is 0 Å². The average Bonchev–Trinajstić information content (AvgIpc) is 2.28. The molecule has 0 saturated heterocycles. The van der Waals surface area contributed by atoms with E-state index in [1.807, 2.05) is 18.2 Å². The molecule has 0 aliphatic carbocycles. The highest BCUT2D eigenvalue weighted by molar-refractivity contribution is 5.78. The third kappa shape index (κ3) is 2.70. The number of esters is 1. The summed E-state index contributed by atoms with van der Waals surface area (Å²) in [4.78, 5) is 11.4. The molecule has 15 heavy (non-hydrogen) atoms. The number of carbonyl (C=O) groups is 1. The highest BCUT2D eigenvalue weighted by Crippen LogP contribution is 2.26. The van der Waals surface area contributed by atoms with Crippen molar-refractivity contribution >= 4 is 5.97 Å². The topological polar surface area (TPSA) is 61.5 Å². The van der Waals surface area contributed by atoms with E-state index in [0.717, 1.165) is 5.56 Å². The molecule has 82 valence electrons. The van der Waals surface area contributed by atoms with Crippen molar-refractivity contribution in [3.63, 3.8) is 0 Å². The van der Waals surface area contributed by atoms with Crippen LogP contribution >= 0.6 is 0 Å². The lowest BCUT2D eigenvalue weighted by Crippen LogP contribution is -2.14. The summed E-state index contributed by atoms with van der Waals surface area (Å²) >= 11 is 0. The Labute approximate surface area is 89.0 Å². The van der Waals surface area contributed by atoms with Crippen molar-refractivity contribution in [1.82, 2.24) is 0 Å². The molecule has 1 aromatic carbocycles. The summed E-state index contributed by atoms with van der Waals surface area (Å²) in [6.07, 6.45) is 0. The highest BCUT2D eigenvalue weighted by Gasteiger charge is 2.19. The van der Waals surface area contributed by atoms with Gasteiger partial charge in [-0.2, -0.15) is 0 Å². The van der Waals surface area contributed by atoms with Crippen LogP contribution in [0.25, 0.3) is 0 Å². The Morgan fingerprint density at radius 3 is 2.73 bits per heavy atom. The minimum absolute atomic E-state index is 0.0882. The molecule has 0 fully saturated rings. The number of ether oxygens (including phenoxy) is 2. The fraction of sp³-hybridized carbons (Fsp3) is 0.364. The summed E-state index contributed by atoms with van der Waals surface area (Å²) in [7, 11) is 1.37. The maximum absolute atomic E-state index is 11.4. The van der Waals surface area contributed by atoms with Gasteiger partial charge in [-0.15, -0.1) is 0 Å². The Morgan fingerprint density at radius 2 is 2.13 bits per heavy atom. The molecule has 1 unspecified atom stereocenters. The van der Waals surface area contributed by atoms with Crippen LogP contribution in [0, 0.1) is 0 Å². The molecular weight excluding hydrogens is 194 g/mol. The molecule has 0 aliphatic rings. The molecule has 0 heterocycles. The number of benzene rings is 1. The van der Waals surface area contributed by atoms with E-state index in [4.69, 9.17) is 10.5 Å². The molecule has 0 spiro atoms. The van der Waals surface area contributed by atoms with Gasteiger partial charge in [-0.3, -0.25) is 10.5 Å². The average molecular weight is 209 g/mol. The first kappa shape index (κ1) is 11.5. The highest BCUT2D eigenvalue weighted by atomic mass is 16.5. The van der Waals surface area contributed by atoms with E-state index in [1.165, 1.54) is 7.11 Å². The molecule has 1 rings (SSSR count). The van der Waals surface area contributed by atoms with Crippen molar-refractivity contribution < 1.29 is 14.3 Å². The molecule has 4 heteroatoms. The van der Waals surface area contributed by atoms with E-state index in [-0.39, 0.29) is 18.6 Å². The number of rotatable bonds is 4. The maximum Gasteiger partial charge on any atom is 0.312 e. The maximum atomic E-state index is 11.4. The van der Waals surface area contributed by atoms with Gasteiger partial charge in [0.25, 0.3) is 0 Å². The monoisotopic (exact) mass is 209 g/mol. The fourth-order valence-electron chi connectivity index (χ4n) is 1.36. The van der Waals surface area contributed by atoms with Crippen LogP contribution in [-0.2, 0) is 9.53 Å². The minimum Gasteiger partial charge on any atom is -0.478 e. The quantitative estimate of drug-likeness (QED) is 0.599. The zero-order valence-electron chi connectivity index (χ0n) is 8.90. The largest absolute Gasteiger partial charge is 0.478 e. The number of hydrogen-bond donors (Lipinski definition) is 1. The summed E-state index contributed by atoms with van der Waals surface area (Å²) in [5.41, 5.74) is 6.09. The van der Waals surface area contributed by atoms with Crippen molar-refractivity contribution in [1.29, 1.82) is 0 Å². The van der Waals surface area contributed by atoms with E-state index >= 15 is 0 Å². The summed E-state index contributed by atoms with van der Waals surface area (Å²) in [5, 5.41) is 0. The third-order valence-electron chi connectivity index (χ3n) is 2.18. The van der Waals surface area contributed by atoms with Crippen LogP contribution in [0.5, 0.6) is 5.75 Å². The molecule has 0 aromatic heterocycles. The van der Waals surface area contributed by atoms with E-state index < -0.39 is 0 Å². The van der Waals surface area contributed by atoms with Gasteiger partial charge in [-0.05, 0) is 13.0 Å². The predicted molar refractivity (Wildman–Crippen MR) is 56.6 cm³/mol. The first-order valence-corrected chi connectivity index (χ1v) is 4.70. The molecule has 0 radical (unpaired) electrons. The molecule has 1 atom stereocenters. The number of nitrogens with two attached hydrogens (primary N) is 1. The summed E-state index contributed by atoms with van der Waals surface area (Å²) in [6, 6.07) is 7.28. The van der Waals surface area contributed by atoms with Gasteiger partial charge in [-0.25, -0.2) is 0 Å². The number of para-hydroxylation sites is 1. The van der Waals surface area contributed by atoms with Crippen LogP contribution in [0.15, 0.2) is 24.3 Å². The van der Waals surface area contributed by atoms with E-state index in [2.05, 4.69) is 4.74 Å². The molecule has 0 amide bonds. The van der Waals surface area contributed by atoms with E-state index in [9.17, 15) is 4.79 Å². The zero-order valence-corrected chi connectivity index (χ0v) is 8.90. The lowest BCUT2D eigenvalue weighted by Gasteiger charge is -2.14. The van der Waals surface area contributed by atoms with Gasteiger partial charge in [0.15, 0.2) is 0 Å². The smallest absolute Gasteiger partial charge is 0.312 e. The van der Waals surface area contributed by atoms with Crippen LogP contribution in [-0.4, -0.2) is 19.8 Å². The molecule has 0 saturated carbocycles. The molecule has 1 aromatic rings. The first-order chi connectivity index (χ1) is 7.20. The Morgan fingerprint density at radius 1 is 1.47 bits per heavy atom. The Hall–Kier alpha value is -1.55. The summed E-state index contributed by atoms with van der Waals surface area (Å²) < 4.78 is 9.90. The van der Waals surface area contributed by atoms with Crippen molar-refractivity contribution in [3.05, 3.63) is 29.8 Å². The van der Waals surface area contributed by atoms with Gasteiger partial charge >= 0.3 is 5.97 Å². The van der Waals surface area contributed by atoms with Gasteiger partial charge in [0.2, 0.25) is 0 Å². The number of methoxy groups -OCH3 is 1. The lowest BCUT2D eigenvalue weighted by atomic mass is 10.0. The van der Waals surface area contributed by atoms with Gasteiger partial charge in [0.05, 0.1) is 13.0 Å². The zero-order chi connectivity index (χ0) is 11.3. The van der Waals surface area contributed by atoms with Crippen molar-refractivity contribution in [2.45, 2.75) is 12.8 Å². The second kappa shape index (κ2) is 5.36. The van der Waals surface area contributed by atoms with Crippen LogP contribution in [0.1, 0.15) is 18.4 Å². The van der Waals surface area contributed by atoms with Crippen molar-refractivity contribution in [2.24, 2.45) is 5.73 Å². The van der Waals surface area contributed by atoms with E-state index in [0.29, 0.717) is 5.75 Å². The Bertz CT molecular complexity index is 338. The van der Waals surface area contributed by atoms with Crippen LogP contribution in [0.3, 0.4) is 0 Å². The number of hydrogen-bond acceptors (Lipinski definition) is 4. The van der Waals surface area contributed by atoms with E-state index in [1.54, 1.807) is 13.0 Å². The molecule has 0 aliphatic heterocycles. The third-order valence-corrected chi connectivity index (χ3v) is 2.18. The van der Waals surface area contributed by atoms with Crippen LogP contribution in [0.2, 0.25) is 0 Å². The normalized spacial score (nSPS) is 11.9. The van der Waals surface area contributed by atoms with Crippen molar-refractivity contribution in [2.75, 3.05) is 13.8 Å². The Balaban J connectivity index is 2.96. The van der Waals surface area contributed by atoms with Gasteiger partial charge < -0.3 is 9.47 Å². The number of carbonyl (C=O) groups excluding carboxylic acids is 1. The predicted octanol–water partition coefficient (Wildman–Crippen LogP) is 1.26. The van der Waals surface area contributed by atoms with Crippen LogP contribution < -0.4 is 10.5 Å². The Kier molecular flexibility index (Phi) is 4.12. The van der Waals surface area contributed by atoms with Gasteiger partial charge in [0.1, 0.15) is 12.5 Å². The SMILES string of the molecule is COC(=O)C(C)c1ccccc1OCN. The molecule has 4 nitrogen and oxygen atoms in total. The van der Waals surface area contributed by atoms with Gasteiger partial charge in [-0.1, -0.05) is 18.2 Å². The fourth-order valence-corrected chi connectivity index (χ4v) is 1.36. The lowest BCUT2D eigenvalue weighted by molar-refractivity contribution is -0.142.